The summed E-state index contributed by atoms with van der Waals surface area (Å²) < 4.78 is 16.5. The summed E-state index contributed by atoms with van der Waals surface area (Å²) in [5.74, 6) is -0.522. The number of rotatable bonds is 7. The molecule has 0 spiro atoms. The molecule has 1 aliphatic heterocycles. The molecule has 0 bridgehead atoms. The molecule has 36 heavy (non-hydrogen) atoms. The van der Waals surface area contributed by atoms with Crippen molar-refractivity contribution in [3.8, 4) is 17.2 Å². The van der Waals surface area contributed by atoms with Crippen molar-refractivity contribution in [3.05, 3.63) is 88.5 Å². The molecule has 3 aromatic rings. The van der Waals surface area contributed by atoms with E-state index in [1.54, 1.807) is 60.7 Å². The van der Waals surface area contributed by atoms with Crippen molar-refractivity contribution < 1.29 is 28.9 Å². The lowest BCUT2D eigenvalue weighted by Gasteiger charge is -2.26. The molecule has 186 valence electrons. The summed E-state index contributed by atoms with van der Waals surface area (Å²) >= 11 is 6.18. The third-order valence-electron chi connectivity index (χ3n) is 5.76. The van der Waals surface area contributed by atoms with E-state index in [0.717, 1.165) is 0 Å². The van der Waals surface area contributed by atoms with E-state index in [9.17, 15) is 14.7 Å². The van der Waals surface area contributed by atoms with E-state index in [1.807, 2.05) is 13.8 Å². The zero-order valence-electron chi connectivity index (χ0n) is 20.3. The quantitative estimate of drug-likeness (QED) is 0.248. The van der Waals surface area contributed by atoms with Gasteiger partial charge >= 0.3 is 0 Å². The van der Waals surface area contributed by atoms with Gasteiger partial charge in [0.25, 0.3) is 11.7 Å². The number of nitrogens with zero attached hydrogens (tertiary/aromatic N) is 1. The predicted octanol–water partition coefficient (Wildman–Crippen LogP) is 5.77. The highest BCUT2D eigenvalue weighted by Crippen LogP contribution is 2.44. The van der Waals surface area contributed by atoms with Crippen LogP contribution in [0.3, 0.4) is 0 Å². The zero-order valence-corrected chi connectivity index (χ0v) is 21.1. The van der Waals surface area contributed by atoms with E-state index in [4.69, 9.17) is 25.8 Å². The number of aliphatic hydroxyl groups excluding tert-OH is 1. The third kappa shape index (κ3) is 4.75. The van der Waals surface area contributed by atoms with Crippen LogP contribution in [0.4, 0.5) is 5.69 Å². The summed E-state index contributed by atoms with van der Waals surface area (Å²) in [4.78, 5) is 28.1. The number of anilines is 1. The van der Waals surface area contributed by atoms with E-state index in [2.05, 4.69) is 0 Å². The fourth-order valence-electron chi connectivity index (χ4n) is 4.19. The fraction of sp³-hybridized carbons (Fsp3) is 0.214. The van der Waals surface area contributed by atoms with Gasteiger partial charge in [-0.2, -0.15) is 0 Å². The molecule has 0 aliphatic carbocycles. The Bertz CT molecular complexity index is 1330. The summed E-state index contributed by atoms with van der Waals surface area (Å²) in [5.41, 5.74) is 1.18. The minimum absolute atomic E-state index is 0.0198. The van der Waals surface area contributed by atoms with Crippen LogP contribution < -0.4 is 19.1 Å². The average molecular weight is 508 g/mol. The number of benzene rings is 3. The maximum atomic E-state index is 13.4. The van der Waals surface area contributed by atoms with E-state index >= 15 is 0 Å². The van der Waals surface area contributed by atoms with Gasteiger partial charge in [-0.3, -0.25) is 14.5 Å². The number of ketones is 1. The van der Waals surface area contributed by atoms with Crippen LogP contribution in [0.1, 0.15) is 31.0 Å². The Balaban J connectivity index is 1.94. The number of carbonyl (C=O) groups is 2. The van der Waals surface area contributed by atoms with Crippen LogP contribution in [0.15, 0.2) is 72.3 Å². The molecule has 0 saturated carbocycles. The summed E-state index contributed by atoms with van der Waals surface area (Å²) in [6.07, 6.45) is -0.0198. The number of aliphatic hydroxyl groups is 1. The first-order chi connectivity index (χ1) is 17.2. The fourth-order valence-corrected chi connectivity index (χ4v) is 4.36. The maximum Gasteiger partial charge on any atom is 0.300 e. The first-order valence-electron chi connectivity index (χ1n) is 11.3. The second kappa shape index (κ2) is 10.3. The van der Waals surface area contributed by atoms with Gasteiger partial charge in [0.15, 0.2) is 0 Å². The van der Waals surface area contributed by atoms with Crippen molar-refractivity contribution in [2.75, 3.05) is 19.1 Å². The largest absolute Gasteiger partial charge is 0.507 e. The Morgan fingerprint density at radius 1 is 0.944 bits per heavy atom. The molecule has 1 heterocycles. The van der Waals surface area contributed by atoms with Crippen molar-refractivity contribution >= 4 is 34.7 Å². The Morgan fingerprint density at radius 2 is 1.67 bits per heavy atom. The Kier molecular flexibility index (Phi) is 7.22. The lowest BCUT2D eigenvalue weighted by Crippen LogP contribution is -2.29. The van der Waals surface area contributed by atoms with Crippen LogP contribution in [-0.4, -0.2) is 37.1 Å². The van der Waals surface area contributed by atoms with Crippen LogP contribution in [0.25, 0.3) is 5.76 Å². The molecule has 1 unspecified atom stereocenters. The van der Waals surface area contributed by atoms with Crippen LogP contribution >= 0.6 is 11.6 Å². The van der Waals surface area contributed by atoms with Crippen molar-refractivity contribution in [1.29, 1.82) is 0 Å². The second-order valence-corrected chi connectivity index (χ2v) is 8.89. The van der Waals surface area contributed by atoms with E-state index in [1.165, 1.54) is 25.2 Å². The SMILES string of the molecule is COc1cccc(N2C(=O)C(=O)/C(=C(/O)c3cc(Cl)ccc3OC)C2c2ccc(OC(C)C)cc2)c1. The Hall–Kier alpha value is -3.97. The monoisotopic (exact) mass is 507 g/mol. The number of methoxy groups -OCH3 is 2. The molecule has 7 nitrogen and oxygen atoms in total. The highest BCUT2D eigenvalue weighted by atomic mass is 35.5. The molecule has 0 aromatic heterocycles. The first kappa shape index (κ1) is 25.1. The van der Waals surface area contributed by atoms with Crippen molar-refractivity contribution in [3.63, 3.8) is 0 Å². The van der Waals surface area contributed by atoms with Gasteiger partial charge in [0, 0.05) is 16.8 Å². The summed E-state index contributed by atoms with van der Waals surface area (Å²) in [7, 11) is 2.96. The molecular formula is C28H26ClNO6. The predicted molar refractivity (Wildman–Crippen MR) is 138 cm³/mol. The Morgan fingerprint density at radius 3 is 2.31 bits per heavy atom. The zero-order chi connectivity index (χ0) is 26.0. The topological polar surface area (TPSA) is 85.3 Å². The molecule has 8 heteroatoms. The number of hydrogen-bond acceptors (Lipinski definition) is 6. The Labute approximate surface area is 214 Å². The normalized spacial score (nSPS) is 16.9. The van der Waals surface area contributed by atoms with Gasteiger partial charge in [-0.05, 0) is 61.9 Å². The molecule has 1 saturated heterocycles. The number of ether oxygens (including phenoxy) is 3. The van der Waals surface area contributed by atoms with E-state index in [-0.39, 0.29) is 23.0 Å². The molecular weight excluding hydrogens is 482 g/mol. The second-order valence-electron chi connectivity index (χ2n) is 8.45. The molecule has 0 radical (unpaired) electrons. The average Bonchev–Trinajstić information content (AvgIpc) is 3.14. The van der Waals surface area contributed by atoms with Gasteiger partial charge in [-0.25, -0.2) is 0 Å². The molecule has 1 fully saturated rings. The maximum absolute atomic E-state index is 13.4. The van der Waals surface area contributed by atoms with Crippen LogP contribution in [0.5, 0.6) is 17.2 Å². The van der Waals surface area contributed by atoms with Gasteiger partial charge in [0.1, 0.15) is 23.0 Å². The van der Waals surface area contributed by atoms with Crippen LogP contribution in [0.2, 0.25) is 5.02 Å². The minimum atomic E-state index is -0.922. The molecule has 1 amide bonds. The number of amides is 1. The highest BCUT2D eigenvalue weighted by molar-refractivity contribution is 6.51. The summed E-state index contributed by atoms with van der Waals surface area (Å²) in [6, 6.07) is 17.7. The van der Waals surface area contributed by atoms with Gasteiger partial charge in [0.2, 0.25) is 0 Å². The van der Waals surface area contributed by atoms with Gasteiger partial charge in [-0.15, -0.1) is 0 Å². The highest BCUT2D eigenvalue weighted by Gasteiger charge is 2.47. The molecule has 1 N–H and O–H groups in total. The van der Waals surface area contributed by atoms with Gasteiger partial charge < -0.3 is 19.3 Å². The molecule has 1 aliphatic rings. The summed E-state index contributed by atoms with van der Waals surface area (Å²) in [5, 5.41) is 11.7. The smallest absolute Gasteiger partial charge is 0.300 e. The van der Waals surface area contributed by atoms with Crippen molar-refractivity contribution in [1.82, 2.24) is 0 Å². The van der Waals surface area contributed by atoms with E-state index < -0.39 is 17.7 Å². The lowest BCUT2D eigenvalue weighted by molar-refractivity contribution is -0.132. The first-order valence-corrected chi connectivity index (χ1v) is 11.7. The van der Waals surface area contributed by atoms with Gasteiger partial charge in [-0.1, -0.05) is 29.8 Å². The van der Waals surface area contributed by atoms with Crippen molar-refractivity contribution in [2.24, 2.45) is 0 Å². The minimum Gasteiger partial charge on any atom is -0.507 e. The van der Waals surface area contributed by atoms with Crippen LogP contribution in [-0.2, 0) is 9.59 Å². The standard InChI is InChI=1S/C28H26ClNO6/c1-16(2)36-20-11-8-17(9-12-20)25-24(26(31)22-14-18(29)10-13-23(22)35-4)27(32)28(33)30(25)19-6-5-7-21(15-19)34-3/h5-16,25,31H,1-4H3/b26-24+. The molecule has 3 aromatic carbocycles. The lowest BCUT2D eigenvalue weighted by atomic mass is 9.94. The third-order valence-corrected chi connectivity index (χ3v) is 6.00. The number of carbonyl (C=O) groups excluding carboxylic acids is 2. The molecule has 4 rings (SSSR count). The van der Waals surface area contributed by atoms with Crippen LogP contribution in [0, 0.1) is 0 Å². The molecule has 1 atom stereocenters. The summed E-state index contributed by atoms with van der Waals surface area (Å²) in [6.45, 7) is 3.84. The number of hydrogen-bond donors (Lipinski definition) is 1. The number of Topliss-reactive ketones (excluding diaryl/α,β-unsaturated/α-hetero) is 1. The van der Waals surface area contributed by atoms with Gasteiger partial charge in [0.05, 0.1) is 37.5 Å². The van der Waals surface area contributed by atoms with E-state index in [0.29, 0.717) is 33.5 Å². The number of halogens is 1. The van der Waals surface area contributed by atoms with Crippen molar-refractivity contribution in [2.45, 2.75) is 26.0 Å².